The van der Waals surface area contributed by atoms with Crippen LogP contribution in [-0.2, 0) is 16.8 Å². The molecule has 2 heterocycles. The van der Waals surface area contributed by atoms with E-state index in [9.17, 15) is 4.79 Å². The molecule has 0 saturated carbocycles. The van der Waals surface area contributed by atoms with Gasteiger partial charge >= 0.3 is 0 Å². The van der Waals surface area contributed by atoms with E-state index < -0.39 is 0 Å². The van der Waals surface area contributed by atoms with Crippen LogP contribution in [0.4, 0.5) is 5.13 Å². The highest BCUT2D eigenvalue weighted by Crippen LogP contribution is 2.34. The maximum atomic E-state index is 12.4. The number of nitrogens with one attached hydrogen (secondary N) is 1. The van der Waals surface area contributed by atoms with Crippen molar-refractivity contribution in [2.24, 2.45) is 0 Å². The van der Waals surface area contributed by atoms with Gasteiger partial charge in [0.1, 0.15) is 11.5 Å². The highest BCUT2D eigenvalue weighted by Gasteiger charge is 2.21. The van der Waals surface area contributed by atoms with Gasteiger partial charge in [-0.25, -0.2) is 4.98 Å². The summed E-state index contributed by atoms with van der Waals surface area (Å²) >= 11 is 1.53. The van der Waals surface area contributed by atoms with E-state index in [1.807, 2.05) is 24.4 Å². The third-order valence-corrected chi connectivity index (χ3v) is 6.35. The van der Waals surface area contributed by atoms with Gasteiger partial charge in [0.05, 0.1) is 7.11 Å². The van der Waals surface area contributed by atoms with E-state index in [4.69, 9.17) is 9.47 Å². The molecule has 164 valence electrons. The zero-order valence-corrected chi connectivity index (χ0v) is 19.5. The number of aromatic nitrogens is 1. The fraction of sp³-hybridized carbons (Fsp3) is 0.565. The van der Waals surface area contributed by atoms with E-state index >= 15 is 0 Å². The van der Waals surface area contributed by atoms with Crippen LogP contribution >= 0.6 is 11.3 Å². The normalized spacial score (nSPS) is 17.6. The molecule has 0 spiro atoms. The Morgan fingerprint density at radius 3 is 2.83 bits per heavy atom. The van der Waals surface area contributed by atoms with Gasteiger partial charge in [0, 0.05) is 29.2 Å². The first kappa shape index (κ1) is 22.6. The van der Waals surface area contributed by atoms with Crippen LogP contribution in [-0.4, -0.2) is 42.1 Å². The molecule has 0 radical (unpaired) electrons. The Bertz CT molecular complexity index is 860. The second-order valence-corrected chi connectivity index (χ2v) is 10.0. The van der Waals surface area contributed by atoms with Crippen LogP contribution in [0.3, 0.4) is 0 Å². The van der Waals surface area contributed by atoms with E-state index in [1.54, 1.807) is 7.11 Å². The monoisotopic (exact) mass is 431 g/mol. The third kappa shape index (κ3) is 5.95. The molecule has 0 aliphatic carbocycles. The first-order valence-corrected chi connectivity index (χ1v) is 11.4. The Morgan fingerprint density at radius 1 is 1.33 bits per heavy atom. The van der Waals surface area contributed by atoms with Crippen LogP contribution in [0.1, 0.15) is 57.4 Å². The van der Waals surface area contributed by atoms with Crippen molar-refractivity contribution >= 4 is 22.4 Å². The lowest BCUT2D eigenvalue weighted by molar-refractivity contribution is -0.118. The average molecular weight is 432 g/mol. The number of likely N-dealkylation sites (tertiary alicyclic amines) is 1. The molecule has 1 unspecified atom stereocenters. The van der Waals surface area contributed by atoms with E-state index in [0.717, 1.165) is 24.4 Å². The van der Waals surface area contributed by atoms with Gasteiger partial charge in [0.15, 0.2) is 11.7 Å². The summed E-state index contributed by atoms with van der Waals surface area (Å²) in [6.45, 7) is 10.6. The van der Waals surface area contributed by atoms with E-state index in [0.29, 0.717) is 16.9 Å². The van der Waals surface area contributed by atoms with E-state index in [-0.39, 0.29) is 17.9 Å². The number of carbonyl (C=O) groups is 1. The average Bonchev–Trinajstić information content (AvgIpc) is 3.14. The molecule has 1 fully saturated rings. The first-order chi connectivity index (χ1) is 14.3. The predicted molar refractivity (Wildman–Crippen MR) is 122 cm³/mol. The largest absolute Gasteiger partial charge is 0.497 e. The summed E-state index contributed by atoms with van der Waals surface area (Å²) in [6.07, 6.45) is 5.68. The fourth-order valence-corrected chi connectivity index (χ4v) is 4.53. The zero-order chi connectivity index (χ0) is 21.7. The van der Waals surface area contributed by atoms with E-state index in [1.165, 1.54) is 35.5 Å². The van der Waals surface area contributed by atoms with Crippen LogP contribution in [0.2, 0.25) is 0 Å². The predicted octanol–water partition coefficient (Wildman–Crippen LogP) is 4.84. The lowest BCUT2D eigenvalue weighted by atomic mass is 9.86. The molecule has 1 saturated heterocycles. The Morgan fingerprint density at radius 2 is 2.13 bits per heavy atom. The van der Waals surface area contributed by atoms with Gasteiger partial charge in [-0.15, -0.1) is 11.3 Å². The molecule has 0 bridgehead atoms. The number of hydrogen-bond donors (Lipinski definition) is 1. The molecule has 1 atom stereocenters. The fourth-order valence-electron chi connectivity index (χ4n) is 3.68. The summed E-state index contributed by atoms with van der Waals surface area (Å²) in [4.78, 5) is 20.4. The number of carbonyl (C=O) groups excluding carboxylic acids is 1. The summed E-state index contributed by atoms with van der Waals surface area (Å²) in [5.74, 6) is 1.25. The first-order valence-electron chi connectivity index (χ1n) is 10.6. The van der Waals surface area contributed by atoms with Crippen molar-refractivity contribution in [2.75, 3.05) is 25.6 Å². The number of ether oxygens (including phenoxy) is 2. The summed E-state index contributed by atoms with van der Waals surface area (Å²) in [5, 5.41) is 3.48. The number of benzene rings is 1. The van der Waals surface area contributed by atoms with Crippen molar-refractivity contribution in [3.8, 4) is 11.5 Å². The zero-order valence-electron chi connectivity index (χ0n) is 18.7. The third-order valence-electron chi connectivity index (χ3n) is 5.45. The summed E-state index contributed by atoms with van der Waals surface area (Å²) in [7, 11) is 1.64. The number of nitrogens with zero attached hydrogens (tertiary/aromatic N) is 2. The van der Waals surface area contributed by atoms with Gasteiger partial charge in [0.2, 0.25) is 0 Å². The maximum Gasteiger partial charge on any atom is 0.264 e. The lowest BCUT2D eigenvalue weighted by Crippen LogP contribution is -2.36. The minimum absolute atomic E-state index is 0.0620. The standard InChI is InChI=1S/C23H33N3O3S/c1-16-8-6-7-11-26(16)14-18-13-24-22(30-18)25-21(27)15-29-20-10-9-17(28-5)12-19(20)23(2,3)4/h9-10,12-13,16H,6-8,11,14-15H2,1-5H3,(H,24,25,27). The number of amides is 1. The molecule has 1 amide bonds. The molecule has 2 aromatic rings. The molecule has 30 heavy (non-hydrogen) atoms. The molecular formula is C23H33N3O3S. The number of rotatable bonds is 7. The summed E-state index contributed by atoms with van der Waals surface area (Å²) < 4.78 is 11.2. The minimum Gasteiger partial charge on any atom is -0.497 e. The topological polar surface area (TPSA) is 63.7 Å². The van der Waals surface area contributed by atoms with Crippen molar-refractivity contribution in [2.45, 2.75) is 65.0 Å². The van der Waals surface area contributed by atoms with Crippen molar-refractivity contribution in [1.82, 2.24) is 9.88 Å². The number of hydrogen-bond acceptors (Lipinski definition) is 6. The second-order valence-electron chi connectivity index (χ2n) is 8.90. The summed E-state index contributed by atoms with van der Waals surface area (Å²) in [6, 6.07) is 6.27. The van der Waals surface area contributed by atoms with Crippen molar-refractivity contribution < 1.29 is 14.3 Å². The Kier molecular flexibility index (Phi) is 7.36. The van der Waals surface area contributed by atoms with Crippen LogP contribution in [0.15, 0.2) is 24.4 Å². The van der Waals surface area contributed by atoms with Crippen LogP contribution in [0.5, 0.6) is 11.5 Å². The molecular weight excluding hydrogens is 398 g/mol. The molecule has 7 heteroatoms. The Hall–Kier alpha value is -2.12. The number of methoxy groups -OCH3 is 1. The van der Waals surface area contributed by atoms with Gasteiger partial charge in [-0.2, -0.15) is 0 Å². The number of piperidine rings is 1. The number of anilines is 1. The molecule has 1 aliphatic rings. The van der Waals surface area contributed by atoms with Crippen LogP contribution in [0.25, 0.3) is 0 Å². The van der Waals surface area contributed by atoms with Crippen LogP contribution < -0.4 is 14.8 Å². The van der Waals surface area contributed by atoms with Gasteiger partial charge in [-0.1, -0.05) is 27.2 Å². The van der Waals surface area contributed by atoms with Gasteiger partial charge in [0.25, 0.3) is 5.91 Å². The molecule has 1 aromatic heterocycles. The smallest absolute Gasteiger partial charge is 0.264 e. The lowest BCUT2D eigenvalue weighted by Gasteiger charge is -2.32. The quantitative estimate of drug-likeness (QED) is 0.679. The van der Waals surface area contributed by atoms with Crippen LogP contribution in [0, 0.1) is 0 Å². The molecule has 1 aromatic carbocycles. The Balaban J connectivity index is 1.56. The summed E-state index contributed by atoms with van der Waals surface area (Å²) in [5.41, 5.74) is 0.873. The molecule has 3 rings (SSSR count). The minimum atomic E-state index is -0.210. The van der Waals surface area contributed by atoms with E-state index in [2.05, 4.69) is 42.9 Å². The van der Waals surface area contributed by atoms with Gasteiger partial charge < -0.3 is 9.47 Å². The van der Waals surface area contributed by atoms with Crippen molar-refractivity contribution in [1.29, 1.82) is 0 Å². The molecule has 1 aliphatic heterocycles. The van der Waals surface area contributed by atoms with Crippen molar-refractivity contribution in [3.05, 3.63) is 34.8 Å². The highest BCUT2D eigenvalue weighted by molar-refractivity contribution is 7.15. The highest BCUT2D eigenvalue weighted by atomic mass is 32.1. The van der Waals surface area contributed by atoms with Gasteiger partial charge in [-0.05, 0) is 49.9 Å². The SMILES string of the molecule is COc1ccc(OCC(=O)Nc2ncc(CN3CCCCC3C)s2)c(C(C)(C)C)c1. The van der Waals surface area contributed by atoms with Crippen molar-refractivity contribution in [3.63, 3.8) is 0 Å². The maximum absolute atomic E-state index is 12.4. The Labute approximate surface area is 183 Å². The number of thiazole rings is 1. The second kappa shape index (κ2) is 9.79. The molecule has 1 N–H and O–H groups in total. The molecule has 6 nitrogen and oxygen atoms in total. The van der Waals surface area contributed by atoms with Gasteiger partial charge in [-0.3, -0.25) is 15.0 Å².